The first-order valence-electron chi connectivity index (χ1n) is 7.73. The SMILES string of the molecule is COCc1cc(C(=O)N2CCOC(CN(CC(=O)O)S(C)(=O)=O)C2)no1. The molecule has 146 valence electrons. The summed E-state index contributed by atoms with van der Waals surface area (Å²) in [6.07, 6.45) is 0.279. The van der Waals surface area contributed by atoms with E-state index in [9.17, 15) is 18.0 Å². The molecule has 1 aromatic heterocycles. The molecule has 12 heteroatoms. The zero-order valence-electron chi connectivity index (χ0n) is 14.5. The number of ether oxygens (including phenoxy) is 2. The van der Waals surface area contributed by atoms with E-state index in [0.29, 0.717) is 12.3 Å². The van der Waals surface area contributed by atoms with E-state index in [2.05, 4.69) is 5.16 Å². The largest absolute Gasteiger partial charge is 0.480 e. The molecule has 11 nitrogen and oxygen atoms in total. The number of amides is 1. The van der Waals surface area contributed by atoms with Crippen LogP contribution < -0.4 is 0 Å². The zero-order valence-corrected chi connectivity index (χ0v) is 15.3. The van der Waals surface area contributed by atoms with Crippen LogP contribution in [0.4, 0.5) is 0 Å². The molecule has 1 aliphatic heterocycles. The molecule has 0 aliphatic carbocycles. The van der Waals surface area contributed by atoms with Crippen molar-refractivity contribution in [3.05, 3.63) is 17.5 Å². The van der Waals surface area contributed by atoms with Crippen LogP contribution in [0.1, 0.15) is 16.2 Å². The van der Waals surface area contributed by atoms with Gasteiger partial charge in [-0.25, -0.2) is 8.42 Å². The Bertz CT molecular complexity index is 747. The Morgan fingerprint density at radius 3 is 2.85 bits per heavy atom. The van der Waals surface area contributed by atoms with Crippen molar-refractivity contribution in [2.75, 3.05) is 46.2 Å². The summed E-state index contributed by atoms with van der Waals surface area (Å²) >= 11 is 0. The van der Waals surface area contributed by atoms with Gasteiger partial charge in [-0.05, 0) is 0 Å². The van der Waals surface area contributed by atoms with E-state index in [0.717, 1.165) is 10.6 Å². The lowest BCUT2D eigenvalue weighted by Gasteiger charge is -2.34. The van der Waals surface area contributed by atoms with Crippen molar-refractivity contribution in [1.29, 1.82) is 0 Å². The smallest absolute Gasteiger partial charge is 0.318 e. The van der Waals surface area contributed by atoms with Gasteiger partial charge in [-0.3, -0.25) is 9.59 Å². The number of carboxylic acids is 1. The van der Waals surface area contributed by atoms with E-state index in [1.54, 1.807) is 0 Å². The number of nitrogens with zero attached hydrogens (tertiary/aromatic N) is 3. The lowest BCUT2D eigenvalue weighted by molar-refractivity contribution is -0.137. The van der Waals surface area contributed by atoms with Crippen molar-refractivity contribution in [1.82, 2.24) is 14.4 Å². The fourth-order valence-corrected chi connectivity index (χ4v) is 3.28. The van der Waals surface area contributed by atoms with Gasteiger partial charge in [0.25, 0.3) is 5.91 Å². The Hall–Kier alpha value is -2.02. The molecule has 0 bridgehead atoms. The molecule has 26 heavy (non-hydrogen) atoms. The second-order valence-electron chi connectivity index (χ2n) is 5.80. The monoisotopic (exact) mass is 391 g/mol. The summed E-state index contributed by atoms with van der Waals surface area (Å²) in [6.45, 7) is -0.0378. The fraction of sp³-hybridized carbons (Fsp3) is 0.643. The Morgan fingerprint density at radius 2 is 2.23 bits per heavy atom. The molecule has 0 saturated carbocycles. The molecule has 1 N–H and O–H groups in total. The van der Waals surface area contributed by atoms with Gasteiger partial charge in [0, 0.05) is 32.8 Å². The first-order valence-corrected chi connectivity index (χ1v) is 9.58. The standard InChI is InChI=1S/C14H21N3O8S/c1-23-9-10-5-12(15-25-10)14(20)16-3-4-24-11(6-16)7-17(8-13(18)19)26(2,21)22/h5,11H,3-4,6-9H2,1-2H3,(H,18,19). The molecule has 0 spiro atoms. The number of morpholine rings is 1. The maximum Gasteiger partial charge on any atom is 0.318 e. The molecular formula is C14H21N3O8S. The lowest BCUT2D eigenvalue weighted by Crippen LogP contribution is -2.51. The third-order valence-electron chi connectivity index (χ3n) is 3.68. The predicted octanol–water partition coefficient (Wildman–Crippen LogP) is -0.992. The molecule has 1 amide bonds. The highest BCUT2D eigenvalue weighted by Crippen LogP contribution is 2.14. The maximum atomic E-state index is 12.5. The van der Waals surface area contributed by atoms with Gasteiger partial charge in [0.2, 0.25) is 10.0 Å². The average Bonchev–Trinajstić information content (AvgIpc) is 3.01. The number of hydrogen-bond donors (Lipinski definition) is 1. The molecule has 1 unspecified atom stereocenters. The van der Waals surface area contributed by atoms with Gasteiger partial charge < -0.3 is 24.0 Å². The lowest BCUT2D eigenvalue weighted by atomic mass is 10.2. The molecular weight excluding hydrogens is 370 g/mol. The van der Waals surface area contributed by atoms with Gasteiger partial charge in [-0.2, -0.15) is 4.31 Å². The average molecular weight is 391 g/mol. The van der Waals surface area contributed by atoms with Crippen molar-refractivity contribution in [3.63, 3.8) is 0 Å². The number of rotatable bonds is 8. The van der Waals surface area contributed by atoms with E-state index >= 15 is 0 Å². The Labute approximate surface area is 150 Å². The van der Waals surface area contributed by atoms with Crippen molar-refractivity contribution in [2.45, 2.75) is 12.7 Å². The Morgan fingerprint density at radius 1 is 1.50 bits per heavy atom. The van der Waals surface area contributed by atoms with Crippen molar-refractivity contribution < 1.29 is 37.1 Å². The predicted molar refractivity (Wildman–Crippen MR) is 86.9 cm³/mol. The number of carbonyl (C=O) groups is 2. The van der Waals surface area contributed by atoms with Crippen LogP contribution >= 0.6 is 0 Å². The molecule has 2 heterocycles. The molecule has 0 aromatic carbocycles. The second-order valence-corrected chi connectivity index (χ2v) is 7.79. The summed E-state index contributed by atoms with van der Waals surface area (Å²) in [5, 5.41) is 12.6. The highest BCUT2D eigenvalue weighted by Gasteiger charge is 2.31. The third kappa shape index (κ3) is 5.49. The molecule has 1 aromatic rings. The molecule has 1 fully saturated rings. The summed E-state index contributed by atoms with van der Waals surface area (Å²) in [7, 11) is -2.24. The number of methoxy groups -OCH3 is 1. The van der Waals surface area contributed by atoms with Crippen LogP contribution in [0, 0.1) is 0 Å². The minimum absolute atomic E-state index is 0.108. The zero-order chi connectivity index (χ0) is 19.3. The highest BCUT2D eigenvalue weighted by atomic mass is 32.2. The van der Waals surface area contributed by atoms with E-state index in [4.69, 9.17) is 19.1 Å². The summed E-state index contributed by atoms with van der Waals surface area (Å²) in [5.41, 5.74) is 0.114. The van der Waals surface area contributed by atoms with E-state index in [-0.39, 0.29) is 37.9 Å². The maximum absolute atomic E-state index is 12.5. The van der Waals surface area contributed by atoms with Gasteiger partial charge in [0.05, 0.1) is 19.0 Å². The van der Waals surface area contributed by atoms with Gasteiger partial charge in [0.1, 0.15) is 13.2 Å². The molecule has 2 rings (SSSR count). The first kappa shape index (κ1) is 20.3. The number of hydrogen-bond acceptors (Lipinski definition) is 8. The Kier molecular flexibility index (Phi) is 6.69. The summed E-state index contributed by atoms with van der Waals surface area (Å²) < 4.78 is 39.7. The molecule has 1 atom stereocenters. The quantitative estimate of drug-likeness (QED) is 0.591. The van der Waals surface area contributed by atoms with E-state index in [1.807, 2.05) is 0 Å². The summed E-state index contributed by atoms with van der Waals surface area (Å²) in [6, 6.07) is 1.48. The van der Waals surface area contributed by atoms with Crippen molar-refractivity contribution in [3.8, 4) is 0 Å². The number of sulfonamides is 1. The molecule has 1 aliphatic rings. The Balaban J connectivity index is 2.03. The van der Waals surface area contributed by atoms with Crippen LogP contribution in [0.15, 0.2) is 10.6 Å². The van der Waals surface area contributed by atoms with Gasteiger partial charge in [-0.15, -0.1) is 0 Å². The summed E-state index contributed by atoms with van der Waals surface area (Å²) in [4.78, 5) is 24.8. The topological polar surface area (TPSA) is 139 Å². The number of carboxylic acid groups (broad SMARTS) is 1. The summed E-state index contributed by atoms with van der Waals surface area (Å²) in [5.74, 6) is -1.24. The number of aromatic nitrogens is 1. The number of aliphatic carboxylic acids is 1. The van der Waals surface area contributed by atoms with E-state index < -0.39 is 28.6 Å². The second kappa shape index (κ2) is 8.58. The minimum atomic E-state index is -3.72. The van der Waals surface area contributed by atoms with Crippen molar-refractivity contribution >= 4 is 21.9 Å². The molecule has 1 saturated heterocycles. The van der Waals surface area contributed by atoms with Gasteiger partial charge >= 0.3 is 5.97 Å². The normalized spacial score (nSPS) is 18.3. The first-order chi connectivity index (χ1) is 12.2. The van der Waals surface area contributed by atoms with Crippen LogP contribution in [0.25, 0.3) is 0 Å². The minimum Gasteiger partial charge on any atom is -0.480 e. The van der Waals surface area contributed by atoms with Crippen molar-refractivity contribution in [2.24, 2.45) is 0 Å². The van der Waals surface area contributed by atoms with Crippen LogP contribution in [-0.4, -0.2) is 92.0 Å². The fourth-order valence-electron chi connectivity index (χ4n) is 2.50. The van der Waals surface area contributed by atoms with Crippen LogP contribution in [-0.2, 0) is 30.9 Å². The molecule has 0 radical (unpaired) electrons. The van der Waals surface area contributed by atoms with Crippen LogP contribution in [0.5, 0.6) is 0 Å². The highest BCUT2D eigenvalue weighted by molar-refractivity contribution is 7.88. The third-order valence-corrected chi connectivity index (χ3v) is 4.89. The van der Waals surface area contributed by atoms with Gasteiger partial charge in [0.15, 0.2) is 11.5 Å². The van der Waals surface area contributed by atoms with E-state index in [1.165, 1.54) is 18.1 Å². The van der Waals surface area contributed by atoms with Gasteiger partial charge in [-0.1, -0.05) is 5.16 Å². The van der Waals surface area contributed by atoms with Crippen LogP contribution in [0.2, 0.25) is 0 Å². The van der Waals surface area contributed by atoms with Crippen LogP contribution in [0.3, 0.4) is 0 Å². The number of carbonyl (C=O) groups excluding carboxylic acids is 1.